The third-order valence-corrected chi connectivity index (χ3v) is 9.07. The lowest BCUT2D eigenvalue weighted by atomic mass is 10.0. The van der Waals surface area contributed by atoms with E-state index in [4.69, 9.17) is 19.4 Å². The van der Waals surface area contributed by atoms with E-state index in [1.54, 1.807) is 9.80 Å². The number of aromatic amines is 2. The maximum atomic E-state index is 13.5. The molecule has 3 N–H and O–H groups in total. The highest BCUT2D eigenvalue weighted by molar-refractivity contribution is 5.86. The Labute approximate surface area is 292 Å². The monoisotopic (exact) mass is 679 g/mol. The summed E-state index contributed by atoms with van der Waals surface area (Å²) < 4.78 is 10.4. The molecule has 12 heteroatoms. The fourth-order valence-corrected chi connectivity index (χ4v) is 6.57. The van der Waals surface area contributed by atoms with Crippen molar-refractivity contribution in [2.45, 2.75) is 84.0 Å². The van der Waals surface area contributed by atoms with E-state index in [9.17, 15) is 14.4 Å². The van der Waals surface area contributed by atoms with Gasteiger partial charge in [0.2, 0.25) is 5.91 Å². The average Bonchev–Trinajstić information content (AvgIpc) is 3.90. The molecule has 4 heterocycles. The number of amides is 3. The van der Waals surface area contributed by atoms with Gasteiger partial charge in [0.1, 0.15) is 23.3 Å². The number of imidazole rings is 2. The quantitative estimate of drug-likeness (QED) is 0.198. The first kappa shape index (κ1) is 34.5. The lowest BCUT2D eigenvalue weighted by Crippen LogP contribution is -2.51. The van der Waals surface area contributed by atoms with E-state index in [0.29, 0.717) is 13.1 Å². The Morgan fingerprint density at radius 2 is 1.58 bits per heavy atom. The Bertz CT molecular complexity index is 1930. The van der Waals surface area contributed by atoms with E-state index in [-0.39, 0.29) is 30.0 Å². The van der Waals surface area contributed by atoms with Crippen molar-refractivity contribution in [3.63, 3.8) is 0 Å². The van der Waals surface area contributed by atoms with Crippen LogP contribution in [0.1, 0.15) is 95.2 Å². The zero-order chi connectivity index (χ0) is 35.6. The maximum Gasteiger partial charge on any atom is 0.410 e. The number of aromatic nitrogens is 4. The van der Waals surface area contributed by atoms with Crippen LogP contribution in [0.25, 0.3) is 22.3 Å². The zero-order valence-electron chi connectivity index (χ0n) is 29.5. The van der Waals surface area contributed by atoms with Gasteiger partial charge in [-0.05, 0) is 82.7 Å². The SMILES string of the molecule is COC(=O)N[C@H](C(=O)N1CCC[C@H]1c1nc(-c2ccc(C#Cc3ccc4[nH]c([C@@H]5CCCN5C(=O)OC(C)(C)C)nc4c3)cc2)c[nH]1)C(C)C. The molecule has 2 aromatic heterocycles. The topological polar surface area (TPSA) is 146 Å². The standard InChI is InChI=1S/C38H45N7O5/c1-23(2)32(43-36(47)49-6)35(46)44-19-7-9-30(44)33-39-22-29(42-33)26-16-13-24(14-17-26)11-12-25-15-18-27-28(21-25)41-34(40-27)31-10-8-20-45(31)37(48)50-38(3,4)5/h13-18,21-23,30-32H,7-10,19-20H2,1-6H3,(H,39,42)(H,40,41)(H,43,47)/t30-,31-,32-/m0/s1. The molecule has 0 bridgehead atoms. The Balaban J connectivity index is 1.12. The number of likely N-dealkylation sites (tertiary alicyclic amines) is 2. The summed E-state index contributed by atoms with van der Waals surface area (Å²) in [6.07, 6.45) is 4.28. The summed E-state index contributed by atoms with van der Waals surface area (Å²) in [6.45, 7) is 10.7. The van der Waals surface area contributed by atoms with Gasteiger partial charge in [-0.15, -0.1) is 0 Å². The van der Waals surface area contributed by atoms with Crippen molar-refractivity contribution in [1.82, 2.24) is 35.1 Å². The highest BCUT2D eigenvalue weighted by atomic mass is 16.6. The van der Waals surface area contributed by atoms with Crippen molar-refractivity contribution < 1.29 is 23.9 Å². The van der Waals surface area contributed by atoms with E-state index in [2.05, 4.69) is 27.1 Å². The van der Waals surface area contributed by atoms with Crippen LogP contribution in [0.15, 0.2) is 48.7 Å². The molecule has 0 radical (unpaired) electrons. The van der Waals surface area contributed by atoms with Crippen LogP contribution in [-0.2, 0) is 14.3 Å². The Hall–Kier alpha value is -5.31. The minimum atomic E-state index is -0.682. The summed E-state index contributed by atoms with van der Waals surface area (Å²) in [5.41, 5.74) is 4.54. The molecular weight excluding hydrogens is 634 g/mol. The van der Waals surface area contributed by atoms with Crippen LogP contribution in [0.4, 0.5) is 9.59 Å². The van der Waals surface area contributed by atoms with Gasteiger partial charge >= 0.3 is 12.2 Å². The van der Waals surface area contributed by atoms with Gasteiger partial charge in [-0.25, -0.2) is 19.6 Å². The fraction of sp³-hybridized carbons (Fsp3) is 0.447. The molecule has 2 aliphatic rings. The second kappa shape index (κ2) is 14.3. The molecule has 3 amide bonds. The van der Waals surface area contributed by atoms with Gasteiger partial charge in [-0.3, -0.25) is 9.69 Å². The van der Waals surface area contributed by atoms with E-state index in [1.807, 2.05) is 83.3 Å². The molecule has 0 unspecified atom stereocenters. The summed E-state index contributed by atoms with van der Waals surface area (Å²) in [6, 6.07) is 12.8. The summed E-state index contributed by atoms with van der Waals surface area (Å²) in [7, 11) is 1.29. The van der Waals surface area contributed by atoms with E-state index < -0.39 is 17.7 Å². The minimum Gasteiger partial charge on any atom is -0.453 e. The van der Waals surface area contributed by atoms with Gasteiger partial charge in [-0.2, -0.15) is 0 Å². The van der Waals surface area contributed by atoms with Crippen molar-refractivity contribution in [3.05, 3.63) is 71.4 Å². The first-order chi connectivity index (χ1) is 23.9. The van der Waals surface area contributed by atoms with Crippen molar-refractivity contribution in [2.24, 2.45) is 5.92 Å². The maximum absolute atomic E-state index is 13.5. The van der Waals surface area contributed by atoms with Crippen LogP contribution >= 0.6 is 0 Å². The van der Waals surface area contributed by atoms with E-state index >= 15 is 0 Å². The van der Waals surface area contributed by atoms with Gasteiger partial charge in [0.25, 0.3) is 0 Å². The highest BCUT2D eigenvalue weighted by Gasteiger charge is 2.38. The van der Waals surface area contributed by atoms with Crippen molar-refractivity contribution in [1.29, 1.82) is 0 Å². The summed E-state index contributed by atoms with van der Waals surface area (Å²) in [5.74, 6) is 7.74. The van der Waals surface area contributed by atoms with E-state index in [0.717, 1.165) is 70.7 Å². The summed E-state index contributed by atoms with van der Waals surface area (Å²) >= 11 is 0. The second-order valence-electron chi connectivity index (χ2n) is 14.2. The Morgan fingerprint density at radius 3 is 2.26 bits per heavy atom. The molecule has 6 rings (SSSR count). The fourth-order valence-electron chi connectivity index (χ4n) is 6.57. The zero-order valence-corrected chi connectivity index (χ0v) is 29.5. The molecule has 0 saturated carbocycles. The third-order valence-electron chi connectivity index (χ3n) is 9.07. The number of methoxy groups -OCH3 is 1. The molecule has 4 aromatic rings. The number of rotatable bonds is 6. The predicted molar refractivity (Wildman–Crippen MR) is 189 cm³/mol. The summed E-state index contributed by atoms with van der Waals surface area (Å²) in [5, 5.41) is 2.69. The summed E-state index contributed by atoms with van der Waals surface area (Å²) in [4.78, 5) is 58.1. The smallest absolute Gasteiger partial charge is 0.410 e. The normalized spacial score (nSPS) is 18.2. The molecule has 0 aliphatic carbocycles. The number of nitrogens with one attached hydrogen (secondary N) is 3. The van der Waals surface area contributed by atoms with Crippen molar-refractivity contribution in [2.75, 3.05) is 20.2 Å². The number of hydrogen-bond acceptors (Lipinski definition) is 7. The molecule has 0 spiro atoms. The van der Waals surface area contributed by atoms with Crippen LogP contribution in [0.2, 0.25) is 0 Å². The first-order valence-corrected chi connectivity index (χ1v) is 17.2. The van der Waals surface area contributed by atoms with Crippen LogP contribution < -0.4 is 5.32 Å². The van der Waals surface area contributed by atoms with Crippen LogP contribution in [0, 0.1) is 17.8 Å². The number of fused-ring (bicyclic) bond motifs is 1. The second-order valence-corrected chi connectivity index (χ2v) is 14.2. The lowest BCUT2D eigenvalue weighted by Gasteiger charge is -2.29. The largest absolute Gasteiger partial charge is 0.453 e. The van der Waals surface area contributed by atoms with Crippen molar-refractivity contribution in [3.8, 4) is 23.1 Å². The molecule has 50 heavy (non-hydrogen) atoms. The van der Waals surface area contributed by atoms with Gasteiger partial charge in [0, 0.05) is 36.0 Å². The number of alkyl carbamates (subject to hydrolysis) is 1. The molecule has 2 fully saturated rings. The number of nitrogens with zero attached hydrogens (tertiary/aromatic N) is 4. The number of benzene rings is 2. The number of carbonyl (C=O) groups is 3. The molecule has 2 aliphatic heterocycles. The highest BCUT2D eigenvalue weighted by Crippen LogP contribution is 2.34. The van der Waals surface area contributed by atoms with Gasteiger partial charge in [0.15, 0.2) is 0 Å². The first-order valence-electron chi connectivity index (χ1n) is 17.2. The van der Waals surface area contributed by atoms with Crippen LogP contribution in [0.3, 0.4) is 0 Å². The molecule has 12 nitrogen and oxygen atoms in total. The lowest BCUT2D eigenvalue weighted by molar-refractivity contribution is -0.135. The van der Waals surface area contributed by atoms with Crippen LogP contribution in [0.5, 0.6) is 0 Å². The number of hydrogen-bond donors (Lipinski definition) is 3. The minimum absolute atomic E-state index is 0.0991. The van der Waals surface area contributed by atoms with Crippen molar-refractivity contribution >= 4 is 29.1 Å². The third kappa shape index (κ3) is 7.62. The predicted octanol–water partition coefficient (Wildman–Crippen LogP) is 6.47. The van der Waals surface area contributed by atoms with Gasteiger partial charge < -0.3 is 29.7 Å². The molecule has 2 saturated heterocycles. The number of H-pyrrole nitrogens is 2. The van der Waals surface area contributed by atoms with Gasteiger partial charge in [0.05, 0.1) is 35.9 Å². The average molecular weight is 680 g/mol. The number of ether oxygens (including phenoxy) is 2. The van der Waals surface area contributed by atoms with Gasteiger partial charge in [-0.1, -0.05) is 37.8 Å². The van der Waals surface area contributed by atoms with Crippen LogP contribution in [-0.4, -0.2) is 79.7 Å². The molecule has 262 valence electrons. The van der Waals surface area contributed by atoms with E-state index in [1.165, 1.54) is 7.11 Å². The number of carbonyl (C=O) groups excluding carboxylic acids is 3. The molecule has 3 atom stereocenters. The Morgan fingerprint density at radius 1 is 0.920 bits per heavy atom. The molecule has 2 aromatic carbocycles. The Kier molecular flexibility index (Phi) is 9.86. The molecular formula is C38H45N7O5.